The topological polar surface area (TPSA) is 55.1 Å². The molecular weight excluding hydrogens is 168 g/mol. The Morgan fingerprint density at radius 2 is 2.15 bits per heavy atom. The summed E-state index contributed by atoms with van der Waals surface area (Å²) in [5.74, 6) is -0.942. The molecule has 0 radical (unpaired) electrons. The molecule has 0 unspecified atom stereocenters. The van der Waals surface area contributed by atoms with Crippen molar-refractivity contribution in [3.8, 4) is 0 Å². The minimum Gasteiger partial charge on any atom is -0.478 e. The Balaban J connectivity index is 3.07. The molecule has 0 atom stereocenters. The van der Waals surface area contributed by atoms with E-state index >= 15 is 0 Å². The van der Waals surface area contributed by atoms with Crippen LogP contribution in [0.15, 0.2) is 6.08 Å². The first-order chi connectivity index (χ1) is 6.02. The van der Waals surface area contributed by atoms with Gasteiger partial charge in [-0.1, -0.05) is 0 Å². The second-order valence-electron chi connectivity index (χ2n) is 2.88. The molecule has 0 saturated heterocycles. The molecular formula is C9H12N2O2. The van der Waals surface area contributed by atoms with Crippen molar-refractivity contribution in [2.24, 2.45) is 7.05 Å². The van der Waals surface area contributed by atoms with Crippen molar-refractivity contribution < 1.29 is 9.90 Å². The lowest BCUT2D eigenvalue weighted by Gasteiger charge is -1.93. The maximum Gasteiger partial charge on any atom is 0.328 e. The summed E-state index contributed by atoms with van der Waals surface area (Å²) in [7, 11) is 1.83. The van der Waals surface area contributed by atoms with Crippen LogP contribution in [0.25, 0.3) is 6.08 Å². The number of hydrogen-bond acceptors (Lipinski definition) is 2. The second kappa shape index (κ2) is 3.43. The van der Waals surface area contributed by atoms with E-state index in [1.807, 2.05) is 20.9 Å². The molecule has 0 aliphatic rings. The monoisotopic (exact) mass is 180 g/mol. The van der Waals surface area contributed by atoms with Gasteiger partial charge in [0.2, 0.25) is 0 Å². The fourth-order valence-electron chi connectivity index (χ4n) is 1.19. The van der Waals surface area contributed by atoms with Crippen molar-refractivity contribution in [1.82, 2.24) is 9.78 Å². The molecule has 0 aromatic carbocycles. The van der Waals surface area contributed by atoms with Crippen LogP contribution in [0.1, 0.15) is 17.0 Å². The van der Waals surface area contributed by atoms with E-state index in [0.717, 1.165) is 23.0 Å². The Morgan fingerprint density at radius 3 is 2.54 bits per heavy atom. The van der Waals surface area contributed by atoms with Crippen molar-refractivity contribution in [2.45, 2.75) is 13.8 Å². The Kier molecular flexibility index (Phi) is 2.51. The first kappa shape index (κ1) is 9.51. The van der Waals surface area contributed by atoms with Gasteiger partial charge in [-0.2, -0.15) is 5.10 Å². The molecule has 0 bridgehead atoms. The van der Waals surface area contributed by atoms with Gasteiger partial charge in [0.15, 0.2) is 0 Å². The molecule has 0 spiro atoms. The van der Waals surface area contributed by atoms with Gasteiger partial charge >= 0.3 is 5.97 Å². The van der Waals surface area contributed by atoms with Crippen LogP contribution in [0.3, 0.4) is 0 Å². The Bertz CT molecular complexity index is 364. The van der Waals surface area contributed by atoms with Crippen LogP contribution in [-0.2, 0) is 11.8 Å². The van der Waals surface area contributed by atoms with Crippen LogP contribution >= 0.6 is 0 Å². The summed E-state index contributed by atoms with van der Waals surface area (Å²) in [6.45, 7) is 3.76. The first-order valence-electron chi connectivity index (χ1n) is 3.93. The Labute approximate surface area is 76.5 Å². The predicted octanol–water partition coefficient (Wildman–Crippen LogP) is 1.13. The number of carboxylic acids is 1. The predicted molar refractivity (Wildman–Crippen MR) is 49.4 cm³/mol. The summed E-state index contributed by atoms with van der Waals surface area (Å²) >= 11 is 0. The van der Waals surface area contributed by atoms with E-state index in [1.54, 1.807) is 10.8 Å². The van der Waals surface area contributed by atoms with Gasteiger partial charge in [0, 0.05) is 24.4 Å². The van der Waals surface area contributed by atoms with Gasteiger partial charge < -0.3 is 5.11 Å². The lowest BCUT2D eigenvalue weighted by atomic mass is 10.2. The number of carbonyl (C=O) groups is 1. The zero-order valence-corrected chi connectivity index (χ0v) is 7.90. The fourth-order valence-corrected chi connectivity index (χ4v) is 1.19. The van der Waals surface area contributed by atoms with Gasteiger partial charge in [-0.05, 0) is 19.9 Å². The van der Waals surface area contributed by atoms with Crippen LogP contribution in [-0.4, -0.2) is 20.9 Å². The molecule has 13 heavy (non-hydrogen) atoms. The van der Waals surface area contributed by atoms with Crippen molar-refractivity contribution in [3.05, 3.63) is 23.0 Å². The molecule has 70 valence electrons. The average molecular weight is 180 g/mol. The number of hydrogen-bond donors (Lipinski definition) is 1. The molecule has 1 heterocycles. The summed E-state index contributed by atoms with van der Waals surface area (Å²) in [5, 5.41) is 12.6. The highest BCUT2D eigenvalue weighted by Crippen LogP contribution is 2.13. The number of carboxylic acid groups (broad SMARTS) is 1. The van der Waals surface area contributed by atoms with E-state index in [2.05, 4.69) is 5.10 Å². The van der Waals surface area contributed by atoms with E-state index in [4.69, 9.17) is 5.11 Å². The number of aryl methyl sites for hydroxylation is 2. The molecule has 1 rings (SSSR count). The van der Waals surface area contributed by atoms with E-state index < -0.39 is 5.97 Å². The number of aliphatic carboxylic acids is 1. The molecule has 1 N–H and O–H groups in total. The zero-order chi connectivity index (χ0) is 10.0. The molecule has 0 amide bonds. The highest BCUT2D eigenvalue weighted by atomic mass is 16.4. The maximum absolute atomic E-state index is 10.3. The van der Waals surface area contributed by atoms with Gasteiger partial charge in [0.1, 0.15) is 0 Å². The molecule has 4 heteroatoms. The summed E-state index contributed by atoms with van der Waals surface area (Å²) < 4.78 is 1.73. The second-order valence-corrected chi connectivity index (χ2v) is 2.88. The average Bonchev–Trinajstić information content (AvgIpc) is 2.24. The third-order valence-corrected chi connectivity index (χ3v) is 1.96. The van der Waals surface area contributed by atoms with Gasteiger partial charge in [-0.3, -0.25) is 4.68 Å². The Morgan fingerprint density at radius 1 is 1.54 bits per heavy atom. The normalized spacial score (nSPS) is 11.0. The van der Waals surface area contributed by atoms with E-state index in [0.29, 0.717) is 0 Å². The quantitative estimate of drug-likeness (QED) is 0.694. The molecule has 0 aliphatic carbocycles. The summed E-state index contributed by atoms with van der Waals surface area (Å²) in [5.41, 5.74) is 2.69. The van der Waals surface area contributed by atoms with E-state index in [1.165, 1.54) is 0 Å². The molecule has 1 aromatic heterocycles. The lowest BCUT2D eigenvalue weighted by molar-refractivity contribution is -0.131. The fraction of sp³-hybridized carbons (Fsp3) is 0.333. The van der Waals surface area contributed by atoms with Crippen molar-refractivity contribution in [2.75, 3.05) is 0 Å². The lowest BCUT2D eigenvalue weighted by Crippen LogP contribution is -1.92. The summed E-state index contributed by atoms with van der Waals surface area (Å²) in [4.78, 5) is 10.3. The number of aromatic nitrogens is 2. The molecule has 0 fully saturated rings. The molecule has 0 aliphatic heterocycles. The third-order valence-electron chi connectivity index (χ3n) is 1.96. The van der Waals surface area contributed by atoms with E-state index in [9.17, 15) is 4.79 Å². The van der Waals surface area contributed by atoms with E-state index in [-0.39, 0.29) is 0 Å². The molecule has 1 aromatic rings. The summed E-state index contributed by atoms with van der Waals surface area (Å²) in [6, 6.07) is 0. The van der Waals surface area contributed by atoms with Gasteiger partial charge in [0.05, 0.1) is 5.69 Å². The van der Waals surface area contributed by atoms with Crippen molar-refractivity contribution in [3.63, 3.8) is 0 Å². The van der Waals surface area contributed by atoms with Crippen LogP contribution in [0.4, 0.5) is 0 Å². The third kappa shape index (κ3) is 1.96. The minimum atomic E-state index is -0.942. The first-order valence-corrected chi connectivity index (χ1v) is 3.93. The Hall–Kier alpha value is -1.58. The standard InChI is InChI=1S/C9H12N2O2/c1-6-8(4-5-9(12)13)7(2)11(3)10-6/h4-5H,1-3H3,(H,12,13). The summed E-state index contributed by atoms with van der Waals surface area (Å²) in [6.07, 6.45) is 2.69. The van der Waals surface area contributed by atoms with Crippen LogP contribution in [0.5, 0.6) is 0 Å². The molecule has 0 saturated carbocycles. The van der Waals surface area contributed by atoms with Gasteiger partial charge in [-0.15, -0.1) is 0 Å². The van der Waals surface area contributed by atoms with Gasteiger partial charge in [-0.25, -0.2) is 4.79 Å². The van der Waals surface area contributed by atoms with Crippen LogP contribution < -0.4 is 0 Å². The number of rotatable bonds is 2. The minimum absolute atomic E-state index is 0.845. The van der Waals surface area contributed by atoms with Gasteiger partial charge in [0.25, 0.3) is 0 Å². The SMILES string of the molecule is Cc1nn(C)c(C)c1C=CC(=O)O. The highest BCUT2D eigenvalue weighted by Gasteiger charge is 2.05. The number of nitrogens with zero attached hydrogens (tertiary/aromatic N) is 2. The zero-order valence-electron chi connectivity index (χ0n) is 7.90. The smallest absolute Gasteiger partial charge is 0.328 e. The van der Waals surface area contributed by atoms with Crippen LogP contribution in [0.2, 0.25) is 0 Å². The van der Waals surface area contributed by atoms with Crippen molar-refractivity contribution in [1.29, 1.82) is 0 Å². The maximum atomic E-state index is 10.3. The largest absolute Gasteiger partial charge is 0.478 e. The highest BCUT2D eigenvalue weighted by molar-refractivity contribution is 5.85. The van der Waals surface area contributed by atoms with Crippen LogP contribution in [0, 0.1) is 13.8 Å². The van der Waals surface area contributed by atoms with Crippen molar-refractivity contribution >= 4 is 12.0 Å². The molecule has 4 nitrogen and oxygen atoms in total.